The van der Waals surface area contributed by atoms with Crippen molar-refractivity contribution in [2.45, 2.75) is 32.3 Å². The van der Waals surface area contributed by atoms with Crippen molar-refractivity contribution in [1.29, 1.82) is 0 Å². The molecule has 102 valence electrons. The Bertz CT molecular complexity index is 412. The molecule has 0 fully saturated rings. The number of nitrogens with two attached hydrogens (primary N) is 1. The molecule has 0 saturated heterocycles. The van der Waals surface area contributed by atoms with E-state index >= 15 is 0 Å². The van der Waals surface area contributed by atoms with E-state index in [9.17, 15) is 13.9 Å². The van der Waals surface area contributed by atoms with E-state index in [0.717, 1.165) is 6.42 Å². The summed E-state index contributed by atoms with van der Waals surface area (Å²) in [6.07, 6.45) is 1.36. The molecule has 0 aromatic carbocycles. The zero-order chi connectivity index (χ0) is 13.8. The van der Waals surface area contributed by atoms with E-state index in [1.807, 2.05) is 12.3 Å². The van der Waals surface area contributed by atoms with Crippen molar-refractivity contribution in [2.24, 2.45) is 5.84 Å². The van der Waals surface area contributed by atoms with Gasteiger partial charge in [0.1, 0.15) is 0 Å². The highest BCUT2D eigenvalue weighted by Crippen LogP contribution is 2.20. The molecule has 1 heterocycles. The molecule has 0 aliphatic rings. The molecule has 5 N–H and O–H groups in total. The SMILES string of the molecule is CCCC(C)(O)CNc1nc(NN)c(F)cc1F. The zero-order valence-electron chi connectivity index (χ0n) is 10.4. The number of aromatic nitrogens is 1. The van der Waals surface area contributed by atoms with Crippen LogP contribution >= 0.6 is 0 Å². The van der Waals surface area contributed by atoms with Crippen LogP contribution in [0.1, 0.15) is 26.7 Å². The molecule has 1 rings (SSSR count). The lowest BCUT2D eigenvalue weighted by Crippen LogP contribution is -2.33. The molecule has 18 heavy (non-hydrogen) atoms. The lowest BCUT2D eigenvalue weighted by atomic mass is 10.0. The van der Waals surface area contributed by atoms with Crippen molar-refractivity contribution in [3.63, 3.8) is 0 Å². The molecule has 0 amide bonds. The normalized spacial score (nSPS) is 14.1. The molecule has 0 aliphatic heterocycles. The average Bonchev–Trinajstić information content (AvgIpc) is 2.28. The van der Waals surface area contributed by atoms with Crippen LogP contribution < -0.4 is 16.6 Å². The maximum absolute atomic E-state index is 13.4. The Kier molecular flexibility index (Phi) is 4.80. The number of hydrogen-bond donors (Lipinski definition) is 4. The van der Waals surface area contributed by atoms with Gasteiger partial charge >= 0.3 is 0 Å². The van der Waals surface area contributed by atoms with Gasteiger partial charge < -0.3 is 15.8 Å². The zero-order valence-corrected chi connectivity index (χ0v) is 10.4. The molecule has 1 atom stereocenters. The van der Waals surface area contributed by atoms with E-state index in [4.69, 9.17) is 5.84 Å². The summed E-state index contributed by atoms with van der Waals surface area (Å²) in [6.45, 7) is 3.68. The minimum absolute atomic E-state index is 0.112. The van der Waals surface area contributed by atoms with Gasteiger partial charge in [0.15, 0.2) is 23.3 Å². The van der Waals surface area contributed by atoms with Gasteiger partial charge in [-0.25, -0.2) is 19.6 Å². The number of nitrogen functional groups attached to an aromatic ring is 1. The highest BCUT2D eigenvalue weighted by Gasteiger charge is 2.20. The minimum atomic E-state index is -0.979. The highest BCUT2D eigenvalue weighted by atomic mass is 19.1. The van der Waals surface area contributed by atoms with Crippen molar-refractivity contribution < 1.29 is 13.9 Å². The van der Waals surface area contributed by atoms with Crippen molar-refractivity contribution in [1.82, 2.24) is 4.98 Å². The lowest BCUT2D eigenvalue weighted by molar-refractivity contribution is 0.0635. The Balaban J connectivity index is 2.79. The predicted molar refractivity (Wildman–Crippen MR) is 66.0 cm³/mol. The molecule has 0 radical (unpaired) electrons. The maximum Gasteiger partial charge on any atom is 0.178 e. The number of anilines is 2. The topological polar surface area (TPSA) is 83.2 Å². The van der Waals surface area contributed by atoms with Crippen LogP contribution in [0.15, 0.2) is 6.07 Å². The number of rotatable bonds is 6. The van der Waals surface area contributed by atoms with Gasteiger partial charge in [0.2, 0.25) is 0 Å². The second-order valence-corrected chi connectivity index (χ2v) is 4.39. The van der Waals surface area contributed by atoms with Gasteiger partial charge in [0, 0.05) is 12.6 Å². The smallest absolute Gasteiger partial charge is 0.178 e. The van der Waals surface area contributed by atoms with Gasteiger partial charge in [-0.05, 0) is 13.3 Å². The third-order valence-electron chi connectivity index (χ3n) is 2.49. The third kappa shape index (κ3) is 3.78. The second-order valence-electron chi connectivity index (χ2n) is 4.39. The Morgan fingerprint density at radius 2 is 2.00 bits per heavy atom. The van der Waals surface area contributed by atoms with E-state index in [1.54, 1.807) is 6.92 Å². The largest absolute Gasteiger partial charge is 0.388 e. The fourth-order valence-corrected chi connectivity index (χ4v) is 1.59. The summed E-state index contributed by atoms with van der Waals surface area (Å²) in [4.78, 5) is 3.65. The van der Waals surface area contributed by atoms with E-state index in [1.165, 1.54) is 0 Å². The Labute approximate surface area is 104 Å². The van der Waals surface area contributed by atoms with E-state index in [2.05, 4.69) is 10.3 Å². The van der Waals surface area contributed by atoms with Crippen molar-refractivity contribution in [2.75, 3.05) is 17.3 Å². The summed E-state index contributed by atoms with van der Waals surface area (Å²) < 4.78 is 26.5. The Morgan fingerprint density at radius 3 is 2.56 bits per heavy atom. The first-order valence-corrected chi connectivity index (χ1v) is 5.68. The summed E-state index contributed by atoms with van der Waals surface area (Å²) in [7, 11) is 0. The van der Waals surface area contributed by atoms with E-state index in [-0.39, 0.29) is 18.2 Å². The number of hydrogen-bond acceptors (Lipinski definition) is 5. The first-order chi connectivity index (χ1) is 8.39. The van der Waals surface area contributed by atoms with Gasteiger partial charge in [0.25, 0.3) is 0 Å². The molecule has 0 aliphatic carbocycles. The highest BCUT2D eigenvalue weighted by molar-refractivity contribution is 5.47. The molecule has 7 heteroatoms. The Morgan fingerprint density at radius 1 is 1.39 bits per heavy atom. The van der Waals surface area contributed by atoms with Crippen LogP contribution in [0.2, 0.25) is 0 Å². The van der Waals surface area contributed by atoms with E-state index in [0.29, 0.717) is 12.5 Å². The van der Waals surface area contributed by atoms with Crippen LogP contribution in [-0.2, 0) is 0 Å². The number of halogens is 2. The Hall–Kier alpha value is -1.47. The van der Waals surface area contributed by atoms with Gasteiger partial charge in [0.05, 0.1) is 5.60 Å². The number of aliphatic hydroxyl groups is 1. The van der Waals surface area contributed by atoms with Gasteiger partial charge in [-0.2, -0.15) is 0 Å². The lowest BCUT2D eigenvalue weighted by Gasteiger charge is -2.23. The van der Waals surface area contributed by atoms with Crippen LogP contribution in [0.4, 0.5) is 20.4 Å². The summed E-state index contributed by atoms with van der Waals surface area (Å²) in [5.41, 5.74) is 1.05. The van der Waals surface area contributed by atoms with Crippen molar-refractivity contribution >= 4 is 11.6 Å². The number of pyridine rings is 1. The fraction of sp³-hybridized carbons (Fsp3) is 0.545. The molecular formula is C11H18F2N4O. The predicted octanol–water partition coefficient (Wildman–Crippen LogP) is 1.61. The van der Waals surface area contributed by atoms with Crippen molar-refractivity contribution in [3.8, 4) is 0 Å². The first-order valence-electron chi connectivity index (χ1n) is 5.68. The molecule has 1 aromatic rings. The second kappa shape index (κ2) is 5.92. The first kappa shape index (κ1) is 14.6. The summed E-state index contributed by atoms with van der Waals surface area (Å²) >= 11 is 0. The molecular weight excluding hydrogens is 242 g/mol. The quantitative estimate of drug-likeness (QED) is 0.461. The summed E-state index contributed by atoms with van der Waals surface area (Å²) in [5, 5.41) is 12.6. The number of nitrogens with zero attached hydrogens (tertiary/aromatic N) is 1. The maximum atomic E-state index is 13.4. The van der Waals surface area contributed by atoms with E-state index < -0.39 is 17.2 Å². The number of nitrogens with one attached hydrogen (secondary N) is 2. The van der Waals surface area contributed by atoms with Crippen molar-refractivity contribution in [3.05, 3.63) is 17.7 Å². The molecule has 0 saturated carbocycles. The molecule has 1 aromatic heterocycles. The molecule has 5 nitrogen and oxygen atoms in total. The summed E-state index contributed by atoms with van der Waals surface area (Å²) in [5.74, 6) is 2.93. The molecule has 0 bridgehead atoms. The number of hydrazine groups is 1. The van der Waals surface area contributed by atoms with Gasteiger partial charge in [-0.15, -0.1) is 0 Å². The van der Waals surface area contributed by atoms with Crippen LogP contribution in [0.25, 0.3) is 0 Å². The molecule has 0 spiro atoms. The van der Waals surface area contributed by atoms with Crippen LogP contribution in [-0.4, -0.2) is 22.2 Å². The average molecular weight is 260 g/mol. The molecule has 1 unspecified atom stereocenters. The van der Waals surface area contributed by atoms with Gasteiger partial charge in [-0.1, -0.05) is 13.3 Å². The van der Waals surface area contributed by atoms with Crippen LogP contribution in [0.5, 0.6) is 0 Å². The standard InChI is InChI=1S/C11H18F2N4O/c1-3-4-11(2,18)6-15-9-7(12)5-8(13)10(16-9)17-14/h5,18H,3-4,6,14H2,1-2H3,(H2,15,16,17). The van der Waals surface area contributed by atoms with Gasteiger partial charge in [-0.3, -0.25) is 0 Å². The van der Waals surface area contributed by atoms with Crippen LogP contribution in [0, 0.1) is 11.6 Å². The van der Waals surface area contributed by atoms with Crippen LogP contribution in [0.3, 0.4) is 0 Å². The summed E-state index contributed by atoms with van der Waals surface area (Å²) in [6, 6.07) is 0.680. The monoisotopic (exact) mass is 260 g/mol. The fourth-order valence-electron chi connectivity index (χ4n) is 1.59. The third-order valence-corrected chi connectivity index (χ3v) is 2.49. The minimum Gasteiger partial charge on any atom is -0.388 e.